The Labute approximate surface area is 169 Å². The number of carbonyl (C=O) groups is 2. The molecule has 148 valence electrons. The fourth-order valence-corrected chi connectivity index (χ4v) is 2.70. The first kappa shape index (κ1) is 19.9. The van der Waals surface area contributed by atoms with Gasteiger partial charge in [0.25, 0.3) is 11.8 Å². The van der Waals surface area contributed by atoms with Crippen LogP contribution >= 0.6 is 0 Å². The number of carbonyl (C=O) groups excluding carboxylic acids is 2. The van der Waals surface area contributed by atoms with Gasteiger partial charge in [0.15, 0.2) is 18.1 Å². The van der Waals surface area contributed by atoms with Gasteiger partial charge in [-0.05, 0) is 55.5 Å². The fraction of sp³-hybridized carbons (Fsp3) is 0.130. The molecule has 29 heavy (non-hydrogen) atoms. The van der Waals surface area contributed by atoms with Crippen LogP contribution in [0.4, 0.5) is 11.4 Å². The van der Waals surface area contributed by atoms with Crippen molar-refractivity contribution in [3.8, 4) is 11.5 Å². The largest absolute Gasteiger partial charge is 0.493 e. The van der Waals surface area contributed by atoms with E-state index in [4.69, 9.17) is 9.47 Å². The van der Waals surface area contributed by atoms with Gasteiger partial charge in [-0.25, -0.2) is 0 Å². The molecule has 0 aliphatic heterocycles. The molecule has 0 atom stereocenters. The smallest absolute Gasteiger partial charge is 0.262 e. The average Bonchev–Trinajstić information content (AvgIpc) is 2.74. The highest BCUT2D eigenvalue weighted by Crippen LogP contribution is 2.25. The van der Waals surface area contributed by atoms with E-state index in [1.165, 1.54) is 0 Å². The molecule has 3 aromatic rings. The Morgan fingerprint density at radius 1 is 0.828 bits per heavy atom. The molecule has 0 aromatic heterocycles. The quantitative estimate of drug-likeness (QED) is 0.632. The second kappa shape index (κ2) is 9.41. The third-order valence-corrected chi connectivity index (χ3v) is 4.13. The van der Waals surface area contributed by atoms with Crippen molar-refractivity contribution in [1.29, 1.82) is 0 Å². The zero-order valence-electron chi connectivity index (χ0n) is 16.3. The summed E-state index contributed by atoms with van der Waals surface area (Å²) in [7, 11) is 1.54. The number of nitrogens with one attached hydrogen (secondary N) is 2. The monoisotopic (exact) mass is 390 g/mol. The first-order chi connectivity index (χ1) is 14.0. The molecule has 0 saturated carbocycles. The van der Waals surface area contributed by atoms with Crippen molar-refractivity contribution in [2.24, 2.45) is 0 Å². The summed E-state index contributed by atoms with van der Waals surface area (Å²) >= 11 is 0. The summed E-state index contributed by atoms with van der Waals surface area (Å²) in [4.78, 5) is 24.4. The number of hydrogen-bond donors (Lipinski definition) is 2. The van der Waals surface area contributed by atoms with E-state index >= 15 is 0 Å². The van der Waals surface area contributed by atoms with Gasteiger partial charge in [-0.3, -0.25) is 9.59 Å². The minimum Gasteiger partial charge on any atom is -0.493 e. The number of ether oxygens (including phenoxy) is 2. The molecule has 0 radical (unpaired) electrons. The van der Waals surface area contributed by atoms with Gasteiger partial charge in [-0.1, -0.05) is 29.8 Å². The minimum atomic E-state index is -0.299. The van der Waals surface area contributed by atoms with E-state index in [0.29, 0.717) is 28.4 Å². The molecule has 2 N–H and O–H groups in total. The summed E-state index contributed by atoms with van der Waals surface area (Å²) in [5.41, 5.74) is 2.86. The molecule has 2 amide bonds. The van der Waals surface area contributed by atoms with Gasteiger partial charge in [0.2, 0.25) is 0 Å². The minimum absolute atomic E-state index is 0.147. The number of aryl methyl sites for hydroxylation is 1. The standard InChI is InChI=1S/C23H22N2O4/c1-16-6-5-7-17(14-16)23(27)25-19-12-10-18(11-13-19)24-22(26)15-29-21-9-4-3-8-20(21)28-2/h3-14H,15H2,1-2H3,(H,24,26)(H,25,27). The fourth-order valence-electron chi connectivity index (χ4n) is 2.70. The van der Waals surface area contributed by atoms with E-state index in [0.717, 1.165) is 5.56 Å². The van der Waals surface area contributed by atoms with E-state index in [9.17, 15) is 9.59 Å². The van der Waals surface area contributed by atoms with Crippen molar-refractivity contribution in [1.82, 2.24) is 0 Å². The van der Waals surface area contributed by atoms with E-state index in [1.807, 2.05) is 31.2 Å². The lowest BCUT2D eigenvalue weighted by Crippen LogP contribution is -2.20. The molecule has 6 nitrogen and oxygen atoms in total. The molecule has 3 aromatic carbocycles. The van der Waals surface area contributed by atoms with Gasteiger partial charge in [0.1, 0.15) is 0 Å². The maximum Gasteiger partial charge on any atom is 0.262 e. The molecule has 3 rings (SSSR count). The summed E-state index contributed by atoms with van der Waals surface area (Å²) in [5.74, 6) is 0.580. The lowest BCUT2D eigenvalue weighted by molar-refractivity contribution is -0.118. The molecule has 0 bridgehead atoms. The molecular formula is C23H22N2O4. The normalized spacial score (nSPS) is 10.1. The van der Waals surface area contributed by atoms with Gasteiger partial charge < -0.3 is 20.1 Å². The van der Waals surface area contributed by atoms with Crippen LogP contribution in [0.15, 0.2) is 72.8 Å². The third kappa shape index (κ3) is 5.59. The zero-order chi connectivity index (χ0) is 20.6. The summed E-state index contributed by atoms with van der Waals surface area (Å²) in [5, 5.41) is 5.59. The predicted molar refractivity (Wildman–Crippen MR) is 113 cm³/mol. The molecule has 0 heterocycles. The average molecular weight is 390 g/mol. The Bertz CT molecular complexity index is 1000. The lowest BCUT2D eigenvalue weighted by atomic mass is 10.1. The highest BCUT2D eigenvalue weighted by atomic mass is 16.5. The van der Waals surface area contributed by atoms with Gasteiger partial charge in [-0.2, -0.15) is 0 Å². The maximum atomic E-state index is 12.3. The second-order valence-electron chi connectivity index (χ2n) is 6.39. The number of rotatable bonds is 7. The third-order valence-electron chi connectivity index (χ3n) is 4.13. The highest BCUT2D eigenvalue weighted by molar-refractivity contribution is 6.04. The van der Waals surface area contributed by atoms with E-state index in [-0.39, 0.29) is 18.4 Å². The Balaban J connectivity index is 1.53. The molecule has 0 spiro atoms. The highest BCUT2D eigenvalue weighted by Gasteiger charge is 2.09. The predicted octanol–water partition coefficient (Wildman–Crippen LogP) is 4.27. The topological polar surface area (TPSA) is 76.7 Å². The Morgan fingerprint density at radius 2 is 1.48 bits per heavy atom. The van der Waals surface area contributed by atoms with Gasteiger partial charge in [0, 0.05) is 16.9 Å². The van der Waals surface area contributed by atoms with Crippen LogP contribution in [0.5, 0.6) is 11.5 Å². The van der Waals surface area contributed by atoms with Crippen molar-refractivity contribution < 1.29 is 19.1 Å². The van der Waals surface area contributed by atoms with Crippen molar-refractivity contribution in [3.05, 3.63) is 83.9 Å². The molecule has 0 aliphatic carbocycles. The summed E-state index contributed by atoms with van der Waals surface area (Å²) in [6.07, 6.45) is 0. The van der Waals surface area contributed by atoms with Gasteiger partial charge in [0.05, 0.1) is 7.11 Å². The Kier molecular flexibility index (Phi) is 6.47. The van der Waals surface area contributed by atoms with Crippen LogP contribution in [0.2, 0.25) is 0 Å². The zero-order valence-corrected chi connectivity index (χ0v) is 16.3. The van der Waals surface area contributed by atoms with Gasteiger partial charge in [-0.15, -0.1) is 0 Å². The first-order valence-corrected chi connectivity index (χ1v) is 9.09. The molecule has 0 saturated heterocycles. The number of methoxy groups -OCH3 is 1. The van der Waals surface area contributed by atoms with Crippen LogP contribution in [-0.2, 0) is 4.79 Å². The van der Waals surface area contributed by atoms with E-state index in [1.54, 1.807) is 55.6 Å². The van der Waals surface area contributed by atoms with E-state index < -0.39 is 0 Å². The van der Waals surface area contributed by atoms with Crippen molar-refractivity contribution >= 4 is 23.2 Å². The number of hydrogen-bond acceptors (Lipinski definition) is 4. The van der Waals surface area contributed by atoms with E-state index in [2.05, 4.69) is 10.6 Å². The van der Waals surface area contributed by atoms with Crippen LogP contribution in [0.3, 0.4) is 0 Å². The summed E-state index contributed by atoms with van der Waals surface area (Å²) < 4.78 is 10.7. The van der Waals surface area contributed by atoms with Crippen LogP contribution in [0.1, 0.15) is 15.9 Å². The molecule has 0 fully saturated rings. The second-order valence-corrected chi connectivity index (χ2v) is 6.39. The Morgan fingerprint density at radius 3 is 2.14 bits per heavy atom. The molecule has 6 heteroatoms. The van der Waals surface area contributed by atoms with Crippen LogP contribution in [0.25, 0.3) is 0 Å². The lowest BCUT2D eigenvalue weighted by Gasteiger charge is -2.11. The summed E-state index contributed by atoms with van der Waals surface area (Å²) in [6.45, 7) is 1.79. The molecule has 0 aliphatic rings. The van der Waals surface area contributed by atoms with Crippen LogP contribution in [-0.4, -0.2) is 25.5 Å². The Hall–Kier alpha value is -3.80. The van der Waals surface area contributed by atoms with Crippen molar-refractivity contribution in [2.75, 3.05) is 24.4 Å². The number of para-hydroxylation sites is 2. The van der Waals surface area contributed by atoms with Crippen molar-refractivity contribution in [3.63, 3.8) is 0 Å². The molecule has 0 unspecified atom stereocenters. The van der Waals surface area contributed by atoms with Crippen molar-refractivity contribution in [2.45, 2.75) is 6.92 Å². The first-order valence-electron chi connectivity index (χ1n) is 9.09. The number of anilines is 2. The maximum absolute atomic E-state index is 12.3. The number of benzene rings is 3. The van der Waals surface area contributed by atoms with Crippen LogP contribution in [0, 0.1) is 6.92 Å². The van der Waals surface area contributed by atoms with Crippen LogP contribution < -0.4 is 20.1 Å². The SMILES string of the molecule is COc1ccccc1OCC(=O)Nc1ccc(NC(=O)c2cccc(C)c2)cc1. The molecular weight excluding hydrogens is 368 g/mol. The number of amides is 2. The van der Waals surface area contributed by atoms with Gasteiger partial charge >= 0.3 is 0 Å². The summed E-state index contributed by atoms with van der Waals surface area (Å²) in [6, 6.07) is 21.4.